The van der Waals surface area contributed by atoms with E-state index in [0.29, 0.717) is 12.6 Å². The van der Waals surface area contributed by atoms with Crippen molar-refractivity contribution in [2.45, 2.75) is 38.4 Å². The topological polar surface area (TPSA) is 42.0 Å². The third kappa shape index (κ3) is 4.47. The maximum absolute atomic E-state index is 12.4. The van der Waals surface area contributed by atoms with Crippen LogP contribution in [0.2, 0.25) is 0 Å². The third-order valence-electron chi connectivity index (χ3n) is 3.17. The van der Waals surface area contributed by atoms with E-state index in [1.165, 1.54) is 0 Å². The summed E-state index contributed by atoms with van der Waals surface area (Å²) in [4.78, 5) is 15.6. The van der Waals surface area contributed by atoms with Gasteiger partial charge in [-0.15, -0.1) is 0 Å². The zero-order valence-electron chi connectivity index (χ0n) is 11.2. The van der Waals surface area contributed by atoms with Crippen molar-refractivity contribution in [3.8, 4) is 0 Å². The Bertz CT molecular complexity index is 462. The molecule has 0 bridgehead atoms. The highest BCUT2D eigenvalue weighted by Gasteiger charge is 2.31. The Balaban J connectivity index is 2.83. The van der Waals surface area contributed by atoms with Crippen molar-refractivity contribution in [3.05, 3.63) is 29.6 Å². The second-order valence-electron chi connectivity index (χ2n) is 4.74. The molecule has 0 radical (unpaired) electrons. The maximum atomic E-state index is 12.4. The molecule has 1 rings (SSSR count). The van der Waals surface area contributed by atoms with Crippen molar-refractivity contribution in [1.82, 2.24) is 10.3 Å². The van der Waals surface area contributed by atoms with E-state index in [2.05, 4.69) is 26.2 Å². The van der Waals surface area contributed by atoms with Gasteiger partial charge in [-0.3, -0.25) is 9.78 Å². The Kier molecular flexibility index (Phi) is 5.56. The number of halogens is 4. The molecule has 1 amide bonds. The van der Waals surface area contributed by atoms with Crippen molar-refractivity contribution >= 4 is 21.8 Å². The van der Waals surface area contributed by atoms with Crippen molar-refractivity contribution in [3.63, 3.8) is 0 Å². The summed E-state index contributed by atoms with van der Waals surface area (Å²) >= 11 is 3.31. The standard InChI is InChI=1S/C13H16BrF3N2O/c1-3-12(2,6-7-14)19-11(20)10-5-4-9(8-18-10)13(15,16)17/h4-5,8H,3,6-7H2,1-2H3,(H,19,20). The summed E-state index contributed by atoms with van der Waals surface area (Å²) in [6, 6.07) is 1.94. The van der Waals surface area contributed by atoms with Crippen LogP contribution < -0.4 is 5.32 Å². The van der Waals surface area contributed by atoms with Gasteiger partial charge in [0.2, 0.25) is 0 Å². The van der Waals surface area contributed by atoms with Crippen LogP contribution in [0.3, 0.4) is 0 Å². The lowest BCUT2D eigenvalue weighted by Crippen LogP contribution is -2.46. The van der Waals surface area contributed by atoms with Crippen LogP contribution in [-0.2, 0) is 6.18 Å². The molecule has 0 aromatic carbocycles. The van der Waals surface area contributed by atoms with Crippen LogP contribution in [0.15, 0.2) is 18.3 Å². The molecule has 1 unspecified atom stereocenters. The van der Waals surface area contributed by atoms with E-state index in [0.717, 1.165) is 23.9 Å². The Morgan fingerprint density at radius 2 is 2.05 bits per heavy atom. The number of pyridine rings is 1. The quantitative estimate of drug-likeness (QED) is 0.819. The average molecular weight is 353 g/mol. The van der Waals surface area contributed by atoms with Crippen LogP contribution in [0.4, 0.5) is 13.2 Å². The van der Waals surface area contributed by atoms with Gasteiger partial charge >= 0.3 is 6.18 Å². The molecule has 0 aliphatic carbocycles. The van der Waals surface area contributed by atoms with Crippen LogP contribution in [0.5, 0.6) is 0 Å². The molecule has 0 aliphatic heterocycles. The highest BCUT2D eigenvalue weighted by Crippen LogP contribution is 2.28. The largest absolute Gasteiger partial charge is 0.417 e. The number of aromatic nitrogens is 1. The van der Waals surface area contributed by atoms with Gasteiger partial charge in [-0.25, -0.2) is 0 Å². The van der Waals surface area contributed by atoms with Crippen molar-refractivity contribution < 1.29 is 18.0 Å². The van der Waals surface area contributed by atoms with E-state index < -0.39 is 23.2 Å². The third-order valence-corrected chi connectivity index (χ3v) is 3.56. The summed E-state index contributed by atoms with van der Waals surface area (Å²) in [7, 11) is 0. The number of rotatable bonds is 5. The zero-order chi connectivity index (χ0) is 15.4. The molecule has 0 saturated carbocycles. The molecule has 0 fully saturated rings. The van der Waals surface area contributed by atoms with Crippen LogP contribution in [0, 0.1) is 0 Å². The molecule has 3 nitrogen and oxygen atoms in total. The second-order valence-corrected chi connectivity index (χ2v) is 5.53. The first kappa shape index (κ1) is 16.9. The highest BCUT2D eigenvalue weighted by atomic mass is 79.9. The number of carbonyl (C=O) groups is 1. The monoisotopic (exact) mass is 352 g/mol. The van der Waals surface area contributed by atoms with Gasteiger partial charge in [0.05, 0.1) is 5.56 Å². The molecule has 1 aromatic heterocycles. The van der Waals surface area contributed by atoms with Crippen molar-refractivity contribution in [2.75, 3.05) is 5.33 Å². The molecule has 1 atom stereocenters. The second kappa shape index (κ2) is 6.56. The summed E-state index contributed by atoms with van der Waals surface area (Å²) in [5.74, 6) is -0.468. The number of carbonyl (C=O) groups excluding carboxylic acids is 1. The molecule has 1 N–H and O–H groups in total. The summed E-state index contributed by atoms with van der Waals surface area (Å²) < 4.78 is 37.2. The number of hydrogen-bond acceptors (Lipinski definition) is 2. The predicted molar refractivity (Wildman–Crippen MR) is 73.8 cm³/mol. The molecule has 0 spiro atoms. The van der Waals surface area contributed by atoms with E-state index in [9.17, 15) is 18.0 Å². The van der Waals surface area contributed by atoms with E-state index in [1.807, 2.05) is 13.8 Å². The zero-order valence-corrected chi connectivity index (χ0v) is 12.8. The SMILES string of the molecule is CCC(C)(CCBr)NC(=O)c1ccc(C(F)(F)F)cn1. The van der Waals surface area contributed by atoms with E-state index in [4.69, 9.17) is 0 Å². The molecule has 0 saturated heterocycles. The van der Waals surface area contributed by atoms with Crippen molar-refractivity contribution in [2.24, 2.45) is 0 Å². The molecule has 112 valence electrons. The van der Waals surface area contributed by atoms with Gasteiger partial charge in [-0.1, -0.05) is 22.9 Å². The Morgan fingerprint density at radius 1 is 1.40 bits per heavy atom. The summed E-state index contributed by atoms with van der Waals surface area (Å²) in [6.45, 7) is 3.82. The first-order chi connectivity index (χ1) is 9.22. The van der Waals surface area contributed by atoms with Crippen LogP contribution in [0.25, 0.3) is 0 Å². The molecular weight excluding hydrogens is 337 g/mol. The molecule has 1 aromatic rings. The first-order valence-corrected chi connectivity index (χ1v) is 7.26. The normalized spacial score (nSPS) is 14.7. The highest BCUT2D eigenvalue weighted by molar-refractivity contribution is 9.09. The van der Waals surface area contributed by atoms with E-state index in [-0.39, 0.29) is 5.69 Å². The molecule has 1 heterocycles. The Labute approximate surface area is 124 Å². The minimum absolute atomic E-state index is 0.0211. The summed E-state index contributed by atoms with van der Waals surface area (Å²) in [6.07, 6.45) is -2.35. The van der Waals surface area contributed by atoms with Crippen LogP contribution in [-0.4, -0.2) is 21.8 Å². The lowest BCUT2D eigenvalue weighted by atomic mass is 9.95. The fourth-order valence-electron chi connectivity index (χ4n) is 1.57. The summed E-state index contributed by atoms with van der Waals surface area (Å²) in [5, 5.41) is 3.53. The molecule has 7 heteroatoms. The van der Waals surface area contributed by atoms with E-state index in [1.54, 1.807) is 0 Å². The van der Waals surface area contributed by atoms with Gasteiger partial charge in [0.25, 0.3) is 5.91 Å². The number of amides is 1. The number of nitrogens with zero attached hydrogens (tertiary/aromatic N) is 1. The van der Waals surface area contributed by atoms with Gasteiger partial charge in [0.1, 0.15) is 5.69 Å². The minimum Gasteiger partial charge on any atom is -0.346 e. The number of alkyl halides is 4. The summed E-state index contributed by atoms with van der Waals surface area (Å²) in [5.41, 5.74) is -1.30. The molecule has 0 aliphatic rings. The first-order valence-electron chi connectivity index (χ1n) is 6.13. The van der Waals surface area contributed by atoms with Gasteiger partial charge < -0.3 is 5.32 Å². The fraction of sp³-hybridized carbons (Fsp3) is 0.538. The fourth-order valence-corrected chi connectivity index (χ4v) is 2.45. The van der Waals surface area contributed by atoms with Gasteiger partial charge in [0.15, 0.2) is 0 Å². The van der Waals surface area contributed by atoms with E-state index >= 15 is 0 Å². The number of hydrogen-bond donors (Lipinski definition) is 1. The lowest BCUT2D eigenvalue weighted by molar-refractivity contribution is -0.137. The van der Waals surface area contributed by atoms with Gasteiger partial charge in [0, 0.05) is 17.1 Å². The Morgan fingerprint density at radius 3 is 2.45 bits per heavy atom. The molecule has 20 heavy (non-hydrogen) atoms. The van der Waals surface area contributed by atoms with Gasteiger partial charge in [-0.2, -0.15) is 13.2 Å². The number of nitrogens with one attached hydrogen (secondary N) is 1. The van der Waals surface area contributed by atoms with Crippen LogP contribution >= 0.6 is 15.9 Å². The molecular formula is C13H16BrF3N2O. The average Bonchev–Trinajstić information content (AvgIpc) is 2.38. The van der Waals surface area contributed by atoms with Crippen LogP contribution in [0.1, 0.15) is 42.7 Å². The Hall–Kier alpha value is -1.11. The lowest BCUT2D eigenvalue weighted by Gasteiger charge is -2.28. The van der Waals surface area contributed by atoms with Crippen molar-refractivity contribution in [1.29, 1.82) is 0 Å². The maximum Gasteiger partial charge on any atom is 0.417 e. The van der Waals surface area contributed by atoms with Gasteiger partial charge in [-0.05, 0) is 31.9 Å². The predicted octanol–water partition coefficient (Wildman–Crippen LogP) is 3.78. The minimum atomic E-state index is -4.45. The smallest absolute Gasteiger partial charge is 0.346 e.